The SMILES string of the molecule is CC1(c2ccc(Cl)cc2)OCC(CO/N=C(/Cn2ccnc2)c2ccc(Cl)cc2Cl)O1. The van der Waals surface area contributed by atoms with Crippen molar-refractivity contribution in [3.8, 4) is 0 Å². The van der Waals surface area contributed by atoms with Gasteiger partial charge in [0, 0.05) is 33.6 Å². The zero-order valence-corrected chi connectivity index (χ0v) is 18.9. The first-order valence-electron chi connectivity index (χ1n) is 9.61. The average molecular weight is 481 g/mol. The molecule has 4 rings (SSSR count). The molecule has 1 aromatic heterocycles. The number of hydrogen-bond acceptors (Lipinski definition) is 5. The van der Waals surface area contributed by atoms with E-state index in [-0.39, 0.29) is 12.7 Å². The molecule has 0 aliphatic carbocycles. The van der Waals surface area contributed by atoms with Gasteiger partial charge in [-0.25, -0.2) is 4.98 Å². The second-order valence-electron chi connectivity index (χ2n) is 7.20. The highest BCUT2D eigenvalue weighted by molar-refractivity contribution is 6.37. The summed E-state index contributed by atoms with van der Waals surface area (Å²) >= 11 is 18.4. The van der Waals surface area contributed by atoms with Gasteiger partial charge in [-0.2, -0.15) is 0 Å². The van der Waals surface area contributed by atoms with Crippen molar-refractivity contribution in [2.24, 2.45) is 5.16 Å². The van der Waals surface area contributed by atoms with E-state index >= 15 is 0 Å². The number of hydrogen-bond donors (Lipinski definition) is 0. The molecule has 2 atom stereocenters. The second kappa shape index (κ2) is 9.59. The minimum absolute atomic E-state index is 0.224. The molecule has 9 heteroatoms. The normalized spacial score (nSPS) is 21.4. The molecule has 162 valence electrons. The predicted octanol–water partition coefficient (Wildman–Crippen LogP) is 5.55. The number of halogens is 3. The van der Waals surface area contributed by atoms with Crippen LogP contribution in [0.5, 0.6) is 0 Å². The van der Waals surface area contributed by atoms with Gasteiger partial charge in [0.1, 0.15) is 18.4 Å². The zero-order valence-electron chi connectivity index (χ0n) is 16.7. The van der Waals surface area contributed by atoms with Gasteiger partial charge in [0.2, 0.25) is 0 Å². The van der Waals surface area contributed by atoms with E-state index in [1.807, 2.05) is 35.9 Å². The van der Waals surface area contributed by atoms with Gasteiger partial charge >= 0.3 is 0 Å². The number of oxime groups is 1. The molecule has 0 bridgehead atoms. The summed E-state index contributed by atoms with van der Waals surface area (Å²) in [6.45, 7) is 2.92. The Morgan fingerprint density at radius 1 is 1.19 bits per heavy atom. The Morgan fingerprint density at radius 3 is 2.68 bits per heavy atom. The molecule has 0 N–H and O–H groups in total. The van der Waals surface area contributed by atoms with Gasteiger partial charge in [-0.15, -0.1) is 0 Å². The number of rotatable bonds is 7. The van der Waals surface area contributed by atoms with Crippen molar-refractivity contribution >= 4 is 40.5 Å². The lowest BCUT2D eigenvalue weighted by atomic mass is 10.1. The molecule has 0 radical (unpaired) electrons. The molecule has 1 aliphatic rings. The molecule has 31 heavy (non-hydrogen) atoms. The molecular weight excluding hydrogens is 461 g/mol. The van der Waals surface area contributed by atoms with Crippen molar-refractivity contribution in [3.63, 3.8) is 0 Å². The van der Waals surface area contributed by atoms with Crippen LogP contribution in [0.3, 0.4) is 0 Å². The van der Waals surface area contributed by atoms with Crippen LogP contribution in [0.1, 0.15) is 18.1 Å². The van der Waals surface area contributed by atoms with Crippen molar-refractivity contribution in [2.75, 3.05) is 13.2 Å². The van der Waals surface area contributed by atoms with Gasteiger partial charge in [-0.1, -0.05) is 52.1 Å². The number of imidazole rings is 1. The monoisotopic (exact) mass is 479 g/mol. The Kier molecular flexibility index (Phi) is 6.84. The Bertz CT molecular complexity index is 1060. The quantitative estimate of drug-likeness (QED) is 0.328. The van der Waals surface area contributed by atoms with Crippen molar-refractivity contribution in [1.82, 2.24) is 9.55 Å². The first-order valence-corrected chi connectivity index (χ1v) is 10.7. The fourth-order valence-electron chi connectivity index (χ4n) is 3.26. The van der Waals surface area contributed by atoms with Gasteiger partial charge in [0.15, 0.2) is 5.79 Å². The molecule has 2 heterocycles. The van der Waals surface area contributed by atoms with Crippen LogP contribution < -0.4 is 0 Å². The van der Waals surface area contributed by atoms with E-state index in [1.54, 1.807) is 36.8 Å². The summed E-state index contributed by atoms with van der Waals surface area (Å²) in [6, 6.07) is 12.6. The summed E-state index contributed by atoms with van der Waals surface area (Å²) in [5.41, 5.74) is 2.25. The summed E-state index contributed by atoms with van der Waals surface area (Å²) in [4.78, 5) is 9.72. The first kappa shape index (κ1) is 22.1. The topological polar surface area (TPSA) is 57.9 Å². The van der Waals surface area contributed by atoms with E-state index in [0.29, 0.717) is 33.9 Å². The molecular formula is C22H20Cl3N3O3. The van der Waals surface area contributed by atoms with E-state index in [2.05, 4.69) is 10.1 Å². The van der Waals surface area contributed by atoms with Crippen LogP contribution in [0.25, 0.3) is 0 Å². The Morgan fingerprint density at radius 2 is 1.97 bits per heavy atom. The second-order valence-corrected chi connectivity index (χ2v) is 8.48. The van der Waals surface area contributed by atoms with Crippen LogP contribution in [-0.4, -0.2) is 34.6 Å². The van der Waals surface area contributed by atoms with Crippen LogP contribution in [0, 0.1) is 0 Å². The summed E-state index contributed by atoms with van der Waals surface area (Å²) in [7, 11) is 0. The number of nitrogens with zero attached hydrogens (tertiary/aromatic N) is 3. The van der Waals surface area contributed by atoms with Gasteiger partial charge in [-0.05, 0) is 37.3 Å². The number of benzene rings is 2. The number of aromatic nitrogens is 2. The lowest BCUT2D eigenvalue weighted by Crippen LogP contribution is -2.25. The number of ether oxygens (including phenoxy) is 2. The summed E-state index contributed by atoms with van der Waals surface area (Å²) < 4.78 is 13.9. The van der Waals surface area contributed by atoms with Crippen LogP contribution in [0.15, 0.2) is 66.3 Å². The molecule has 2 unspecified atom stereocenters. The van der Waals surface area contributed by atoms with Crippen LogP contribution in [0.4, 0.5) is 0 Å². The van der Waals surface area contributed by atoms with E-state index in [1.165, 1.54) is 0 Å². The summed E-state index contributed by atoms with van der Waals surface area (Å²) in [5, 5.41) is 6.04. The van der Waals surface area contributed by atoms with E-state index in [4.69, 9.17) is 49.1 Å². The van der Waals surface area contributed by atoms with Gasteiger partial charge in [0.25, 0.3) is 0 Å². The van der Waals surface area contributed by atoms with Crippen LogP contribution >= 0.6 is 34.8 Å². The highest BCUT2D eigenvalue weighted by Crippen LogP contribution is 2.34. The van der Waals surface area contributed by atoms with Crippen molar-refractivity contribution in [2.45, 2.75) is 25.4 Å². The smallest absolute Gasteiger partial charge is 0.192 e. The van der Waals surface area contributed by atoms with Crippen molar-refractivity contribution < 1.29 is 14.3 Å². The predicted molar refractivity (Wildman–Crippen MR) is 121 cm³/mol. The molecule has 1 aliphatic heterocycles. The fourth-order valence-corrected chi connectivity index (χ4v) is 3.91. The van der Waals surface area contributed by atoms with E-state index < -0.39 is 5.79 Å². The van der Waals surface area contributed by atoms with E-state index in [9.17, 15) is 0 Å². The first-order chi connectivity index (χ1) is 14.9. The van der Waals surface area contributed by atoms with Crippen LogP contribution in [0.2, 0.25) is 15.1 Å². The third kappa shape index (κ3) is 5.40. The maximum atomic E-state index is 6.39. The Balaban J connectivity index is 1.45. The zero-order chi connectivity index (χ0) is 21.8. The van der Waals surface area contributed by atoms with Gasteiger partial charge < -0.3 is 18.9 Å². The maximum Gasteiger partial charge on any atom is 0.192 e. The van der Waals surface area contributed by atoms with Crippen LogP contribution in [-0.2, 0) is 26.6 Å². The minimum Gasteiger partial charge on any atom is -0.393 e. The van der Waals surface area contributed by atoms with E-state index in [0.717, 1.165) is 11.1 Å². The summed E-state index contributed by atoms with van der Waals surface area (Å²) in [5.74, 6) is -0.860. The standard InChI is InChI=1S/C22H20Cl3N3O3/c1-22(15-2-4-16(23)5-3-15)29-12-18(31-22)13-30-27-21(11-28-9-8-26-14-28)19-7-6-17(24)10-20(19)25/h2-10,14,18H,11-13H2,1H3/b27-21-. The third-order valence-electron chi connectivity index (χ3n) is 4.87. The molecule has 2 aromatic carbocycles. The molecule has 6 nitrogen and oxygen atoms in total. The lowest BCUT2D eigenvalue weighted by molar-refractivity contribution is -0.167. The molecule has 1 fully saturated rings. The minimum atomic E-state index is -0.860. The van der Waals surface area contributed by atoms with Crippen molar-refractivity contribution in [3.05, 3.63) is 87.4 Å². The van der Waals surface area contributed by atoms with Gasteiger partial charge in [-0.3, -0.25) is 0 Å². The maximum absolute atomic E-state index is 6.39. The molecule has 0 amide bonds. The Labute approximate surface area is 195 Å². The van der Waals surface area contributed by atoms with Gasteiger partial charge in [0.05, 0.1) is 24.5 Å². The average Bonchev–Trinajstić information content (AvgIpc) is 3.38. The molecule has 0 saturated carbocycles. The summed E-state index contributed by atoms with van der Waals surface area (Å²) in [6.07, 6.45) is 4.96. The fraction of sp³-hybridized carbons (Fsp3) is 0.273. The molecule has 1 saturated heterocycles. The molecule has 0 spiro atoms. The lowest BCUT2D eigenvalue weighted by Gasteiger charge is -2.23. The highest BCUT2D eigenvalue weighted by atomic mass is 35.5. The molecule has 3 aromatic rings. The van der Waals surface area contributed by atoms with Crippen molar-refractivity contribution in [1.29, 1.82) is 0 Å². The largest absolute Gasteiger partial charge is 0.393 e. The highest BCUT2D eigenvalue weighted by Gasteiger charge is 2.39. The Hall–Kier alpha value is -2.09. The third-order valence-corrected chi connectivity index (χ3v) is 5.67.